The summed E-state index contributed by atoms with van der Waals surface area (Å²) in [6.45, 7) is 6.85. The Hall–Kier alpha value is -2.28. The van der Waals surface area contributed by atoms with E-state index in [1.165, 1.54) is 5.69 Å². The van der Waals surface area contributed by atoms with Gasteiger partial charge in [0.1, 0.15) is 0 Å². The molecule has 3 fully saturated rings. The molecule has 0 aliphatic carbocycles. The van der Waals surface area contributed by atoms with Crippen molar-refractivity contribution in [3.63, 3.8) is 0 Å². The molecule has 0 aromatic heterocycles. The second-order valence-electron chi connectivity index (χ2n) is 8.68. The molecule has 1 atom stereocenters. The predicted molar refractivity (Wildman–Crippen MR) is 116 cm³/mol. The number of likely N-dealkylation sites (tertiary alicyclic amines) is 2. The second-order valence-corrected chi connectivity index (χ2v) is 8.68. The van der Waals surface area contributed by atoms with E-state index in [0.29, 0.717) is 13.1 Å². The third kappa shape index (κ3) is 4.72. The number of urea groups is 1. The summed E-state index contributed by atoms with van der Waals surface area (Å²) in [4.78, 5) is 34.0. The number of hydrogen-bond donors (Lipinski definition) is 0. The summed E-state index contributed by atoms with van der Waals surface area (Å²) in [7, 11) is 1.89. The van der Waals surface area contributed by atoms with Crippen LogP contribution in [0.25, 0.3) is 0 Å². The van der Waals surface area contributed by atoms with Crippen molar-refractivity contribution in [3.05, 3.63) is 29.8 Å². The molecule has 4 rings (SSSR count). The number of carbonyl (C=O) groups excluding carboxylic acids is 2. The average molecular weight is 415 g/mol. The van der Waals surface area contributed by atoms with Crippen molar-refractivity contribution >= 4 is 17.6 Å². The Morgan fingerprint density at radius 2 is 1.70 bits per heavy atom. The Kier molecular flexibility index (Phi) is 6.77. The van der Waals surface area contributed by atoms with E-state index in [-0.39, 0.29) is 17.9 Å². The molecule has 3 aliphatic heterocycles. The molecule has 3 amide bonds. The molecule has 0 bridgehead atoms. The van der Waals surface area contributed by atoms with Gasteiger partial charge in [0.15, 0.2) is 0 Å². The van der Waals surface area contributed by atoms with E-state index in [4.69, 9.17) is 4.74 Å². The highest BCUT2D eigenvalue weighted by atomic mass is 16.5. The maximum Gasteiger partial charge on any atom is 0.320 e. The number of para-hydroxylation sites is 1. The first-order valence-corrected chi connectivity index (χ1v) is 11.3. The smallest absolute Gasteiger partial charge is 0.320 e. The molecule has 0 radical (unpaired) electrons. The van der Waals surface area contributed by atoms with Crippen LogP contribution in [0, 0.1) is 5.92 Å². The van der Waals surface area contributed by atoms with Crippen LogP contribution < -0.4 is 4.90 Å². The van der Waals surface area contributed by atoms with Crippen LogP contribution in [0.5, 0.6) is 0 Å². The van der Waals surface area contributed by atoms with E-state index in [0.717, 1.165) is 77.2 Å². The van der Waals surface area contributed by atoms with Gasteiger partial charge in [-0.2, -0.15) is 0 Å². The highest BCUT2D eigenvalue weighted by Gasteiger charge is 2.33. The molecule has 0 spiro atoms. The van der Waals surface area contributed by atoms with Gasteiger partial charge >= 0.3 is 6.03 Å². The van der Waals surface area contributed by atoms with E-state index in [1.54, 1.807) is 0 Å². The van der Waals surface area contributed by atoms with Crippen molar-refractivity contribution in [2.45, 2.75) is 32.2 Å². The number of nitrogens with zero attached hydrogens (tertiary/aromatic N) is 4. The molecule has 1 unspecified atom stereocenters. The highest BCUT2D eigenvalue weighted by molar-refractivity contribution is 5.81. The van der Waals surface area contributed by atoms with Gasteiger partial charge in [-0.05, 0) is 37.3 Å². The van der Waals surface area contributed by atoms with Crippen molar-refractivity contribution < 1.29 is 14.3 Å². The number of morpholine rings is 1. The number of amides is 3. The van der Waals surface area contributed by atoms with Crippen molar-refractivity contribution in [2.24, 2.45) is 5.92 Å². The first-order valence-electron chi connectivity index (χ1n) is 11.3. The van der Waals surface area contributed by atoms with Gasteiger partial charge in [-0.25, -0.2) is 4.79 Å². The minimum Gasteiger partial charge on any atom is -0.378 e. The predicted octanol–water partition coefficient (Wildman–Crippen LogP) is 2.41. The van der Waals surface area contributed by atoms with E-state index < -0.39 is 0 Å². The number of hydrogen-bond acceptors (Lipinski definition) is 4. The van der Waals surface area contributed by atoms with Gasteiger partial charge in [0.05, 0.1) is 19.1 Å². The van der Waals surface area contributed by atoms with Crippen LogP contribution >= 0.6 is 0 Å². The van der Waals surface area contributed by atoms with E-state index in [9.17, 15) is 9.59 Å². The molecular weight excluding hydrogens is 380 g/mol. The number of benzene rings is 1. The zero-order valence-electron chi connectivity index (χ0n) is 18.1. The monoisotopic (exact) mass is 414 g/mol. The zero-order valence-corrected chi connectivity index (χ0v) is 18.1. The van der Waals surface area contributed by atoms with Gasteiger partial charge in [-0.3, -0.25) is 4.79 Å². The minimum absolute atomic E-state index is 0.106. The number of rotatable bonds is 4. The molecule has 7 heteroatoms. The first-order chi connectivity index (χ1) is 14.6. The molecule has 1 aromatic carbocycles. The zero-order chi connectivity index (χ0) is 20.9. The Morgan fingerprint density at radius 3 is 2.47 bits per heavy atom. The average Bonchev–Trinajstić information content (AvgIpc) is 3.34. The van der Waals surface area contributed by atoms with Crippen LogP contribution in [0.1, 0.15) is 31.2 Å². The normalized spacial score (nSPS) is 22.3. The summed E-state index contributed by atoms with van der Waals surface area (Å²) in [6.07, 6.45) is 3.94. The third-order valence-electron chi connectivity index (χ3n) is 6.54. The number of carbonyl (C=O) groups is 2. The van der Waals surface area contributed by atoms with E-state index >= 15 is 0 Å². The van der Waals surface area contributed by atoms with Crippen molar-refractivity contribution in [2.75, 3.05) is 64.4 Å². The largest absolute Gasteiger partial charge is 0.378 e. The Morgan fingerprint density at radius 1 is 1.00 bits per heavy atom. The summed E-state index contributed by atoms with van der Waals surface area (Å²) in [5.74, 6) is 0.0385. The molecule has 1 aromatic rings. The van der Waals surface area contributed by atoms with E-state index in [1.807, 2.05) is 27.8 Å². The van der Waals surface area contributed by atoms with Gasteiger partial charge in [0.2, 0.25) is 5.91 Å². The molecule has 0 N–H and O–H groups in total. The summed E-state index contributed by atoms with van der Waals surface area (Å²) >= 11 is 0. The SMILES string of the molecule is CN(Cc1ccccc1N1CCOCC1)C(=O)C1CCCN(C(=O)N2CCCC2)C1. The summed E-state index contributed by atoms with van der Waals surface area (Å²) in [5.41, 5.74) is 2.35. The molecule has 7 nitrogen and oxygen atoms in total. The highest BCUT2D eigenvalue weighted by Crippen LogP contribution is 2.25. The van der Waals surface area contributed by atoms with Crippen LogP contribution in [0.15, 0.2) is 24.3 Å². The molecule has 164 valence electrons. The Bertz CT molecular complexity index is 744. The molecule has 30 heavy (non-hydrogen) atoms. The topological polar surface area (TPSA) is 56.3 Å². The minimum atomic E-state index is -0.106. The van der Waals surface area contributed by atoms with Gasteiger partial charge in [-0.15, -0.1) is 0 Å². The van der Waals surface area contributed by atoms with Crippen LogP contribution in [-0.2, 0) is 16.1 Å². The molecule has 3 saturated heterocycles. The number of ether oxygens (including phenoxy) is 1. The van der Waals surface area contributed by atoms with E-state index in [2.05, 4.69) is 23.1 Å². The fourth-order valence-corrected chi connectivity index (χ4v) is 4.86. The second kappa shape index (κ2) is 9.69. The molecule has 0 saturated carbocycles. The fraction of sp³-hybridized carbons (Fsp3) is 0.652. The van der Waals surface area contributed by atoms with Crippen molar-refractivity contribution in [3.8, 4) is 0 Å². The van der Waals surface area contributed by atoms with Crippen LogP contribution in [0.2, 0.25) is 0 Å². The third-order valence-corrected chi connectivity index (χ3v) is 6.54. The molecule has 3 heterocycles. The van der Waals surface area contributed by atoms with Gasteiger partial charge < -0.3 is 24.3 Å². The molecular formula is C23H34N4O3. The van der Waals surface area contributed by atoms with Crippen LogP contribution in [0.3, 0.4) is 0 Å². The van der Waals surface area contributed by atoms with Gasteiger partial charge in [-0.1, -0.05) is 18.2 Å². The Balaban J connectivity index is 1.38. The maximum absolute atomic E-state index is 13.2. The molecule has 3 aliphatic rings. The lowest BCUT2D eigenvalue weighted by atomic mass is 9.96. The van der Waals surface area contributed by atoms with Gasteiger partial charge in [0, 0.05) is 58.5 Å². The lowest BCUT2D eigenvalue weighted by Crippen LogP contribution is -2.49. The maximum atomic E-state index is 13.2. The lowest BCUT2D eigenvalue weighted by molar-refractivity contribution is -0.136. The van der Waals surface area contributed by atoms with Gasteiger partial charge in [0.25, 0.3) is 0 Å². The number of piperidine rings is 1. The fourth-order valence-electron chi connectivity index (χ4n) is 4.86. The van der Waals surface area contributed by atoms with Crippen molar-refractivity contribution in [1.29, 1.82) is 0 Å². The quantitative estimate of drug-likeness (QED) is 0.759. The number of anilines is 1. The first kappa shape index (κ1) is 21.0. The summed E-state index contributed by atoms with van der Waals surface area (Å²) < 4.78 is 5.48. The van der Waals surface area contributed by atoms with Crippen molar-refractivity contribution in [1.82, 2.24) is 14.7 Å². The summed E-state index contributed by atoms with van der Waals surface area (Å²) in [5, 5.41) is 0. The summed E-state index contributed by atoms with van der Waals surface area (Å²) in [6, 6.07) is 8.45. The van der Waals surface area contributed by atoms with Crippen LogP contribution in [-0.4, -0.2) is 86.2 Å². The van der Waals surface area contributed by atoms with Crippen LogP contribution in [0.4, 0.5) is 10.5 Å². The lowest BCUT2D eigenvalue weighted by Gasteiger charge is -2.36. The Labute approximate surface area is 179 Å². The standard InChI is InChI=1S/C23H34N4O3/c1-24(17-19-7-2-3-9-21(19)25-13-15-30-16-14-25)22(28)20-8-6-12-27(18-20)23(29)26-10-4-5-11-26/h2-3,7,9,20H,4-6,8,10-18H2,1H3.